The number of hydrogen-bond donors (Lipinski definition) is 1. The second kappa shape index (κ2) is 11.6. The Morgan fingerprint density at radius 2 is 1.72 bits per heavy atom. The zero-order chi connectivity index (χ0) is 23.8. The summed E-state index contributed by atoms with van der Waals surface area (Å²) in [4.78, 5) is 16.2. The van der Waals surface area contributed by atoms with Gasteiger partial charge in [0.1, 0.15) is 27.9 Å². The molecule has 0 aliphatic carbocycles. The summed E-state index contributed by atoms with van der Waals surface area (Å²) in [6.07, 6.45) is 6.02. The minimum Gasteiger partial charge on any atom is -0.488 e. The van der Waals surface area contributed by atoms with E-state index in [0.29, 0.717) is 12.1 Å². The number of halogens is 1. The van der Waals surface area contributed by atoms with Crippen molar-refractivity contribution in [1.29, 1.82) is 0 Å². The van der Waals surface area contributed by atoms with Crippen LogP contribution in [0.3, 0.4) is 0 Å². The zero-order valence-corrected chi connectivity index (χ0v) is 21.0. The predicted molar refractivity (Wildman–Crippen MR) is 131 cm³/mol. The van der Waals surface area contributed by atoms with Gasteiger partial charge in [0.05, 0.1) is 5.56 Å². The first-order chi connectivity index (χ1) is 15.1. The molecule has 32 heavy (non-hydrogen) atoms. The first-order valence-corrected chi connectivity index (χ1v) is 11.8. The normalized spacial score (nSPS) is 11.8. The number of pyridine rings is 1. The Morgan fingerprint density at radius 3 is 2.38 bits per heavy atom. The Bertz CT molecular complexity index is 896. The van der Waals surface area contributed by atoms with Gasteiger partial charge in [-0.2, -0.15) is 0 Å². The fourth-order valence-electron chi connectivity index (χ4n) is 2.95. The standard InChI is InChI=1S/C26H37ClN2O3/c1-7-25(3,4)31-20-15-14-19(22(18-20)32-26(5,6)8-2)12-9-10-16-29-24(30)21-13-11-17-28-23(21)27/h11,13-15,17-18H,7-10,12,16H2,1-6H3,(H,29,30). The Morgan fingerprint density at radius 1 is 1.03 bits per heavy atom. The van der Waals surface area contributed by atoms with Gasteiger partial charge in [-0.25, -0.2) is 4.98 Å². The maximum Gasteiger partial charge on any atom is 0.254 e. The highest BCUT2D eigenvalue weighted by Gasteiger charge is 2.21. The Labute approximate surface area is 197 Å². The van der Waals surface area contributed by atoms with Crippen molar-refractivity contribution in [2.75, 3.05) is 6.54 Å². The quantitative estimate of drug-likeness (QED) is 0.285. The number of nitrogens with zero attached hydrogens (tertiary/aromatic N) is 1. The summed E-state index contributed by atoms with van der Waals surface area (Å²) in [5.41, 5.74) is 1.06. The molecule has 1 amide bonds. The van der Waals surface area contributed by atoms with Crippen molar-refractivity contribution in [3.8, 4) is 11.5 Å². The number of carbonyl (C=O) groups excluding carboxylic acids is 1. The SMILES string of the molecule is CCC(C)(C)Oc1ccc(CCCCNC(=O)c2cccnc2Cl)c(OC(C)(C)CC)c1. The molecular formula is C26H37ClN2O3. The first-order valence-electron chi connectivity index (χ1n) is 11.5. The highest BCUT2D eigenvalue weighted by atomic mass is 35.5. The highest BCUT2D eigenvalue weighted by Crippen LogP contribution is 2.32. The summed E-state index contributed by atoms with van der Waals surface area (Å²) in [5, 5.41) is 3.14. The number of aryl methyl sites for hydroxylation is 1. The molecule has 0 radical (unpaired) electrons. The van der Waals surface area contributed by atoms with E-state index in [2.05, 4.69) is 57.9 Å². The van der Waals surface area contributed by atoms with Gasteiger partial charge in [0.15, 0.2) is 0 Å². The zero-order valence-electron chi connectivity index (χ0n) is 20.3. The molecule has 0 atom stereocenters. The summed E-state index contributed by atoms with van der Waals surface area (Å²) >= 11 is 5.99. The van der Waals surface area contributed by atoms with E-state index >= 15 is 0 Å². The number of benzene rings is 1. The van der Waals surface area contributed by atoms with Crippen LogP contribution in [0.15, 0.2) is 36.5 Å². The van der Waals surface area contributed by atoms with Crippen LogP contribution >= 0.6 is 11.6 Å². The molecule has 0 aliphatic heterocycles. The molecule has 1 aromatic carbocycles. The molecule has 1 heterocycles. The van der Waals surface area contributed by atoms with Crippen molar-refractivity contribution in [2.24, 2.45) is 0 Å². The van der Waals surface area contributed by atoms with E-state index in [9.17, 15) is 4.79 Å². The fourth-order valence-corrected chi connectivity index (χ4v) is 3.16. The minimum absolute atomic E-state index is 0.197. The summed E-state index contributed by atoms with van der Waals surface area (Å²) in [6.45, 7) is 13.2. The van der Waals surface area contributed by atoms with Crippen LogP contribution in [0, 0.1) is 0 Å². The maximum atomic E-state index is 12.2. The minimum atomic E-state index is -0.259. The van der Waals surface area contributed by atoms with Crippen LogP contribution in [-0.2, 0) is 6.42 Å². The van der Waals surface area contributed by atoms with Gasteiger partial charge in [-0.05, 0) is 83.6 Å². The second-order valence-corrected chi connectivity index (χ2v) is 9.61. The van der Waals surface area contributed by atoms with E-state index in [-0.39, 0.29) is 22.3 Å². The van der Waals surface area contributed by atoms with Crippen molar-refractivity contribution in [3.05, 3.63) is 52.8 Å². The lowest BCUT2D eigenvalue weighted by Crippen LogP contribution is -2.28. The van der Waals surface area contributed by atoms with Gasteiger partial charge in [0.2, 0.25) is 0 Å². The van der Waals surface area contributed by atoms with E-state index in [1.165, 1.54) is 0 Å². The molecule has 0 saturated heterocycles. The summed E-state index contributed by atoms with van der Waals surface area (Å²) in [5.74, 6) is 1.49. The molecule has 2 aromatic rings. The Hall–Kier alpha value is -2.27. The Balaban J connectivity index is 1.98. The van der Waals surface area contributed by atoms with E-state index in [1.807, 2.05) is 12.1 Å². The molecular weight excluding hydrogens is 424 g/mol. The van der Waals surface area contributed by atoms with Crippen molar-refractivity contribution >= 4 is 17.5 Å². The number of unbranched alkanes of at least 4 members (excludes halogenated alkanes) is 1. The maximum absolute atomic E-state index is 12.2. The number of carbonyl (C=O) groups is 1. The third-order valence-electron chi connectivity index (χ3n) is 5.68. The summed E-state index contributed by atoms with van der Waals surface area (Å²) in [7, 11) is 0. The van der Waals surface area contributed by atoms with Crippen LogP contribution in [0.2, 0.25) is 5.15 Å². The average molecular weight is 461 g/mol. The van der Waals surface area contributed by atoms with Crippen molar-refractivity contribution < 1.29 is 14.3 Å². The van der Waals surface area contributed by atoms with Crippen LogP contribution in [-0.4, -0.2) is 28.6 Å². The molecule has 5 nitrogen and oxygen atoms in total. The number of ether oxygens (including phenoxy) is 2. The third-order valence-corrected chi connectivity index (χ3v) is 5.99. The molecule has 2 rings (SSSR count). The summed E-state index contributed by atoms with van der Waals surface area (Å²) < 4.78 is 12.5. The van der Waals surface area contributed by atoms with Crippen molar-refractivity contribution in [2.45, 2.75) is 84.8 Å². The summed E-state index contributed by atoms with van der Waals surface area (Å²) in [6, 6.07) is 9.50. The van der Waals surface area contributed by atoms with Crippen LogP contribution < -0.4 is 14.8 Å². The lowest BCUT2D eigenvalue weighted by Gasteiger charge is -2.29. The molecule has 6 heteroatoms. The van der Waals surface area contributed by atoms with Crippen LogP contribution in [0.25, 0.3) is 0 Å². The number of aromatic nitrogens is 1. The highest BCUT2D eigenvalue weighted by molar-refractivity contribution is 6.32. The smallest absolute Gasteiger partial charge is 0.254 e. The molecule has 0 unspecified atom stereocenters. The van der Waals surface area contributed by atoms with Gasteiger partial charge in [-0.15, -0.1) is 0 Å². The van der Waals surface area contributed by atoms with E-state index in [4.69, 9.17) is 21.1 Å². The van der Waals surface area contributed by atoms with Crippen LogP contribution in [0.5, 0.6) is 11.5 Å². The molecule has 176 valence electrons. The van der Waals surface area contributed by atoms with Gasteiger partial charge >= 0.3 is 0 Å². The Kier molecular flexibility index (Phi) is 9.38. The van der Waals surface area contributed by atoms with Gasteiger partial charge < -0.3 is 14.8 Å². The second-order valence-electron chi connectivity index (χ2n) is 9.25. The van der Waals surface area contributed by atoms with Gasteiger partial charge in [-0.1, -0.05) is 31.5 Å². The number of hydrogen-bond acceptors (Lipinski definition) is 4. The molecule has 1 aromatic heterocycles. The third kappa shape index (κ3) is 8.01. The lowest BCUT2D eigenvalue weighted by molar-refractivity contribution is 0.0941. The number of amides is 1. The van der Waals surface area contributed by atoms with Crippen molar-refractivity contribution in [1.82, 2.24) is 10.3 Å². The van der Waals surface area contributed by atoms with E-state index in [1.54, 1.807) is 18.3 Å². The average Bonchev–Trinajstić information content (AvgIpc) is 2.74. The van der Waals surface area contributed by atoms with E-state index < -0.39 is 0 Å². The topological polar surface area (TPSA) is 60.5 Å². The predicted octanol–water partition coefficient (Wildman–Crippen LogP) is 6.62. The molecule has 0 bridgehead atoms. The molecule has 0 saturated carbocycles. The van der Waals surface area contributed by atoms with Gasteiger partial charge in [0.25, 0.3) is 5.91 Å². The fraction of sp³-hybridized carbons (Fsp3) is 0.538. The molecule has 0 spiro atoms. The molecule has 0 aliphatic rings. The van der Waals surface area contributed by atoms with Crippen molar-refractivity contribution in [3.63, 3.8) is 0 Å². The molecule has 0 fully saturated rings. The van der Waals surface area contributed by atoms with Gasteiger partial charge in [-0.3, -0.25) is 4.79 Å². The number of rotatable bonds is 12. The largest absolute Gasteiger partial charge is 0.488 e. The first kappa shape index (κ1) is 26.0. The monoisotopic (exact) mass is 460 g/mol. The molecule has 1 N–H and O–H groups in total. The van der Waals surface area contributed by atoms with Crippen LogP contribution in [0.4, 0.5) is 0 Å². The van der Waals surface area contributed by atoms with Gasteiger partial charge in [0, 0.05) is 18.8 Å². The van der Waals surface area contributed by atoms with E-state index in [0.717, 1.165) is 49.2 Å². The number of nitrogens with one attached hydrogen (secondary N) is 1. The lowest BCUT2D eigenvalue weighted by atomic mass is 10.0. The van der Waals surface area contributed by atoms with Crippen LogP contribution in [0.1, 0.15) is 83.1 Å².